The summed E-state index contributed by atoms with van der Waals surface area (Å²) < 4.78 is 2.73. The van der Waals surface area contributed by atoms with Gasteiger partial charge in [-0.1, -0.05) is 55.1 Å². The molecule has 7 nitrogen and oxygen atoms in total. The van der Waals surface area contributed by atoms with Crippen LogP contribution in [0.2, 0.25) is 5.02 Å². The number of likely N-dealkylation sites (N-methyl/N-ethyl adjacent to an activating group) is 1. The Kier molecular flexibility index (Phi) is 7.85. The van der Waals surface area contributed by atoms with Crippen molar-refractivity contribution < 1.29 is 4.79 Å². The molecule has 1 heterocycles. The van der Waals surface area contributed by atoms with Crippen molar-refractivity contribution in [1.82, 2.24) is 19.4 Å². The fraction of sp³-hybridized carbons (Fsp3) is 0.423. The van der Waals surface area contributed by atoms with Crippen LogP contribution in [-0.4, -0.2) is 46.1 Å². The van der Waals surface area contributed by atoms with Crippen LogP contribution in [0.1, 0.15) is 37.7 Å². The second-order valence-corrected chi connectivity index (χ2v) is 9.46. The molecular formula is C26H31ClN4O3. The third-order valence-electron chi connectivity index (χ3n) is 6.68. The number of nitrogens with one attached hydrogen (secondary N) is 1. The van der Waals surface area contributed by atoms with Crippen molar-refractivity contribution in [3.05, 3.63) is 79.8 Å². The first-order valence-corrected chi connectivity index (χ1v) is 12.3. The van der Waals surface area contributed by atoms with Gasteiger partial charge in [0, 0.05) is 24.2 Å². The summed E-state index contributed by atoms with van der Waals surface area (Å²) in [6, 6.07) is 14.9. The van der Waals surface area contributed by atoms with Gasteiger partial charge < -0.3 is 10.2 Å². The molecule has 0 radical (unpaired) electrons. The molecule has 0 spiro atoms. The molecule has 4 rings (SSSR count). The van der Waals surface area contributed by atoms with Crippen LogP contribution in [0, 0.1) is 0 Å². The van der Waals surface area contributed by atoms with E-state index in [1.54, 1.807) is 30.3 Å². The van der Waals surface area contributed by atoms with Gasteiger partial charge in [0.2, 0.25) is 5.91 Å². The zero-order valence-electron chi connectivity index (χ0n) is 19.5. The lowest BCUT2D eigenvalue weighted by Crippen LogP contribution is -2.45. The van der Waals surface area contributed by atoms with Crippen LogP contribution in [0.15, 0.2) is 58.1 Å². The minimum absolute atomic E-state index is 0.191. The first-order valence-electron chi connectivity index (χ1n) is 11.9. The summed E-state index contributed by atoms with van der Waals surface area (Å²) in [7, 11) is 2.10. The van der Waals surface area contributed by atoms with Crippen molar-refractivity contribution in [3.8, 4) is 0 Å². The molecule has 1 fully saturated rings. The van der Waals surface area contributed by atoms with Crippen molar-refractivity contribution in [2.45, 2.75) is 51.2 Å². The topological polar surface area (TPSA) is 76.3 Å². The molecule has 1 N–H and O–H groups in total. The zero-order valence-corrected chi connectivity index (χ0v) is 20.3. The monoisotopic (exact) mass is 482 g/mol. The van der Waals surface area contributed by atoms with E-state index in [1.165, 1.54) is 41.2 Å². The Morgan fingerprint density at radius 2 is 1.59 bits per heavy atom. The van der Waals surface area contributed by atoms with Crippen LogP contribution in [0.3, 0.4) is 0 Å². The quantitative estimate of drug-likeness (QED) is 0.500. The number of benzene rings is 2. The number of amides is 1. The highest BCUT2D eigenvalue weighted by Gasteiger charge is 2.18. The Bertz CT molecular complexity index is 1260. The first-order chi connectivity index (χ1) is 16.4. The highest BCUT2D eigenvalue weighted by Crippen LogP contribution is 2.21. The molecule has 1 aliphatic rings. The molecule has 0 bridgehead atoms. The SMILES string of the molecule is CN(CCNC(=O)Cn1c(=O)c(=O)n(Cc2ccc(Cl)cc2)c2ccccc21)C1CCCCC1. The van der Waals surface area contributed by atoms with Crippen LogP contribution >= 0.6 is 11.6 Å². The van der Waals surface area contributed by atoms with E-state index in [-0.39, 0.29) is 19.0 Å². The van der Waals surface area contributed by atoms with E-state index >= 15 is 0 Å². The maximum Gasteiger partial charge on any atom is 0.317 e. The first kappa shape index (κ1) is 24.2. The van der Waals surface area contributed by atoms with Gasteiger partial charge in [-0.25, -0.2) is 0 Å². The molecule has 1 aromatic heterocycles. The fourth-order valence-electron chi connectivity index (χ4n) is 4.73. The number of nitrogens with zero attached hydrogens (tertiary/aromatic N) is 3. The summed E-state index contributed by atoms with van der Waals surface area (Å²) in [4.78, 5) is 41.0. The smallest absolute Gasteiger partial charge is 0.317 e. The van der Waals surface area contributed by atoms with Crippen LogP contribution < -0.4 is 16.4 Å². The van der Waals surface area contributed by atoms with Crippen molar-refractivity contribution in [2.24, 2.45) is 0 Å². The van der Waals surface area contributed by atoms with Gasteiger partial charge in [0.25, 0.3) is 0 Å². The van der Waals surface area contributed by atoms with Crippen LogP contribution in [-0.2, 0) is 17.9 Å². The Hall–Kier alpha value is -2.90. The van der Waals surface area contributed by atoms with E-state index in [0.29, 0.717) is 28.6 Å². The molecule has 180 valence electrons. The second kappa shape index (κ2) is 11.0. The molecule has 0 saturated heterocycles. The fourth-order valence-corrected chi connectivity index (χ4v) is 4.86. The van der Waals surface area contributed by atoms with Crippen molar-refractivity contribution in [2.75, 3.05) is 20.1 Å². The molecule has 34 heavy (non-hydrogen) atoms. The van der Waals surface area contributed by atoms with E-state index in [2.05, 4.69) is 17.3 Å². The number of carbonyl (C=O) groups is 1. The Balaban J connectivity index is 1.50. The largest absolute Gasteiger partial charge is 0.353 e. The molecule has 2 aromatic carbocycles. The predicted octanol–water partition coefficient (Wildman–Crippen LogP) is 3.25. The van der Waals surface area contributed by atoms with Crippen molar-refractivity contribution in [1.29, 1.82) is 0 Å². The maximum atomic E-state index is 13.0. The lowest BCUT2D eigenvalue weighted by molar-refractivity contribution is -0.121. The number of halogens is 1. The minimum atomic E-state index is -0.706. The predicted molar refractivity (Wildman–Crippen MR) is 136 cm³/mol. The number of carbonyl (C=O) groups excluding carboxylic acids is 1. The van der Waals surface area contributed by atoms with Crippen LogP contribution in [0.4, 0.5) is 0 Å². The number of para-hydroxylation sites is 2. The number of fused-ring (bicyclic) bond motifs is 1. The van der Waals surface area contributed by atoms with E-state index in [9.17, 15) is 14.4 Å². The number of rotatable bonds is 8. The standard InChI is InChI=1S/C26H31ClN4O3/c1-29(21-7-3-2-4-8-21)16-15-28-24(32)18-31-23-10-6-5-9-22(23)30(25(33)26(31)34)17-19-11-13-20(27)14-12-19/h5-6,9-14,21H,2-4,7-8,15-18H2,1H3,(H,28,32). The van der Waals surface area contributed by atoms with E-state index in [0.717, 1.165) is 12.1 Å². The third kappa shape index (κ3) is 5.59. The second-order valence-electron chi connectivity index (χ2n) is 9.02. The van der Waals surface area contributed by atoms with Crippen LogP contribution in [0.5, 0.6) is 0 Å². The zero-order chi connectivity index (χ0) is 24.1. The van der Waals surface area contributed by atoms with Crippen molar-refractivity contribution >= 4 is 28.5 Å². The normalized spacial score (nSPS) is 14.6. The summed E-state index contributed by atoms with van der Waals surface area (Å²) in [5, 5.41) is 3.51. The summed E-state index contributed by atoms with van der Waals surface area (Å²) in [5.74, 6) is -0.279. The van der Waals surface area contributed by atoms with Gasteiger partial charge in [-0.05, 0) is 49.7 Å². The van der Waals surface area contributed by atoms with E-state index in [1.807, 2.05) is 18.2 Å². The molecule has 1 aliphatic carbocycles. The summed E-state index contributed by atoms with van der Waals surface area (Å²) in [6.45, 7) is 1.32. The van der Waals surface area contributed by atoms with E-state index < -0.39 is 11.1 Å². The number of aromatic nitrogens is 2. The summed E-state index contributed by atoms with van der Waals surface area (Å²) in [6.07, 6.45) is 6.25. The highest BCUT2D eigenvalue weighted by atomic mass is 35.5. The molecule has 0 atom stereocenters. The molecule has 1 saturated carbocycles. The van der Waals surface area contributed by atoms with Gasteiger partial charge in [0.15, 0.2) is 0 Å². The number of hydrogen-bond donors (Lipinski definition) is 1. The average Bonchev–Trinajstić information content (AvgIpc) is 2.86. The van der Waals surface area contributed by atoms with Crippen molar-refractivity contribution in [3.63, 3.8) is 0 Å². The van der Waals surface area contributed by atoms with Crippen LogP contribution in [0.25, 0.3) is 11.0 Å². The van der Waals surface area contributed by atoms with Gasteiger partial charge in [-0.15, -0.1) is 0 Å². The Labute approximate surface area is 204 Å². The van der Waals surface area contributed by atoms with Gasteiger partial charge in [0.05, 0.1) is 17.6 Å². The summed E-state index contributed by atoms with van der Waals surface area (Å²) >= 11 is 5.97. The number of hydrogen-bond acceptors (Lipinski definition) is 4. The Morgan fingerprint density at radius 3 is 2.26 bits per heavy atom. The van der Waals surface area contributed by atoms with Gasteiger partial charge >= 0.3 is 11.1 Å². The van der Waals surface area contributed by atoms with Gasteiger partial charge in [-0.2, -0.15) is 0 Å². The molecule has 3 aromatic rings. The molecule has 8 heteroatoms. The molecular weight excluding hydrogens is 452 g/mol. The third-order valence-corrected chi connectivity index (χ3v) is 6.93. The highest BCUT2D eigenvalue weighted by molar-refractivity contribution is 6.30. The van der Waals surface area contributed by atoms with Gasteiger partial charge in [-0.3, -0.25) is 23.5 Å². The lowest BCUT2D eigenvalue weighted by atomic mass is 9.94. The summed E-state index contributed by atoms with van der Waals surface area (Å²) in [5.41, 5.74) is 0.650. The molecule has 0 unspecified atom stereocenters. The maximum absolute atomic E-state index is 13.0. The average molecular weight is 483 g/mol. The molecule has 0 aliphatic heterocycles. The van der Waals surface area contributed by atoms with E-state index in [4.69, 9.17) is 11.6 Å². The minimum Gasteiger partial charge on any atom is -0.353 e. The Morgan fingerprint density at radius 1 is 0.971 bits per heavy atom. The molecule has 1 amide bonds. The lowest BCUT2D eigenvalue weighted by Gasteiger charge is -2.31. The van der Waals surface area contributed by atoms with Gasteiger partial charge in [0.1, 0.15) is 6.54 Å².